The number of nitrogens with zero attached hydrogens (tertiary/aromatic N) is 2. The van der Waals surface area contributed by atoms with E-state index in [1.807, 2.05) is 0 Å². The van der Waals surface area contributed by atoms with Gasteiger partial charge in [0.1, 0.15) is 0 Å². The second-order valence-electron chi connectivity index (χ2n) is 2.48. The lowest BCUT2D eigenvalue weighted by Crippen LogP contribution is -2.11. The van der Waals surface area contributed by atoms with Crippen molar-refractivity contribution in [2.45, 2.75) is 6.42 Å². The monoisotopic (exact) mass is 307 g/mol. The number of carbonyl (C=O) groups excluding carboxylic acids is 1. The Morgan fingerprint density at radius 1 is 1.57 bits per heavy atom. The summed E-state index contributed by atoms with van der Waals surface area (Å²) in [6, 6.07) is 0. The van der Waals surface area contributed by atoms with E-state index in [-0.39, 0.29) is 5.97 Å². The number of carbonyl (C=O) groups is 1. The number of anilines is 1. The molecule has 0 spiro atoms. The van der Waals surface area contributed by atoms with Gasteiger partial charge in [0.05, 0.1) is 13.5 Å². The molecule has 0 aliphatic heterocycles. The zero-order valence-electron chi connectivity index (χ0n) is 7.66. The van der Waals surface area contributed by atoms with Gasteiger partial charge in [0.25, 0.3) is 0 Å². The van der Waals surface area contributed by atoms with E-state index in [2.05, 4.69) is 42.6 Å². The van der Waals surface area contributed by atoms with Crippen molar-refractivity contribution in [2.75, 3.05) is 19.0 Å². The molecular weight excluding hydrogens is 297 g/mol. The number of hydrogen-bond acceptors (Lipinski definition) is 5. The Hall–Kier alpha value is -0.920. The molecule has 0 saturated carbocycles. The largest absolute Gasteiger partial charge is 0.469 e. The highest BCUT2D eigenvalue weighted by molar-refractivity contribution is 14.1. The second-order valence-corrected chi connectivity index (χ2v) is 3.72. The van der Waals surface area contributed by atoms with Crippen LogP contribution in [0.5, 0.6) is 0 Å². The molecule has 1 aromatic rings. The van der Waals surface area contributed by atoms with Gasteiger partial charge in [-0.1, -0.05) is 0 Å². The summed E-state index contributed by atoms with van der Waals surface area (Å²) in [6.07, 6.45) is 3.72. The van der Waals surface area contributed by atoms with Crippen LogP contribution in [0.4, 0.5) is 5.95 Å². The van der Waals surface area contributed by atoms with E-state index in [0.29, 0.717) is 18.9 Å². The molecule has 76 valence electrons. The average Bonchev–Trinajstić information content (AvgIpc) is 2.21. The number of nitrogens with one attached hydrogen (secondary N) is 1. The first kappa shape index (κ1) is 11.2. The normalized spacial score (nSPS) is 9.57. The topological polar surface area (TPSA) is 64.1 Å². The van der Waals surface area contributed by atoms with Crippen LogP contribution in [0.1, 0.15) is 6.42 Å². The number of aromatic nitrogens is 2. The van der Waals surface area contributed by atoms with Gasteiger partial charge in [-0.3, -0.25) is 4.79 Å². The standard InChI is InChI=1S/C8H10IN3O2/c1-14-7(13)2-3-10-8-11-4-6(9)5-12-8/h4-5H,2-3H2,1H3,(H,10,11,12). The van der Waals surface area contributed by atoms with E-state index in [4.69, 9.17) is 0 Å². The average molecular weight is 307 g/mol. The van der Waals surface area contributed by atoms with Crippen molar-refractivity contribution in [1.82, 2.24) is 9.97 Å². The maximum Gasteiger partial charge on any atom is 0.307 e. The molecule has 0 bridgehead atoms. The molecule has 0 atom stereocenters. The van der Waals surface area contributed by atoms with Gasteiger partial charge in [0.15, 0.2) is 0 Å². The molecule has 0 saturated heterocycles. The summed E-state index contributed by atoms with van der Waals surface area (Å²) in [6.45, 7) is 0.479. The maximum absolute atomic E-state index is 10.8. The van der Waals surface area contributed by atoms with Gasteiger partial charge in [-0.25, -0.2) is 9.97 Å². The lowest BCUT2D eigenvalue weighted by Gasteiger charge is -2.02. The highest BCUT2D eigenvalue weighted by Crippen LogP contribution is 2.02. The summed E-state index contributed by atoms with van der Waals surface area (Å²) in [5, 5.41) is 2.91. The highest BCUT2D eigenvalue weighted by atomic mass is 127. The summed E-state index contributed by atoms with van der Waals surface area (Å²) < 4.78 is 5.46. The van der Waals surface area contributed by atoms with Crippen LogP contribution in [0, 0.1) is 3.57 Å². The molecule has 1 aromatic heterocycles. The van der Waals surface area contributed by atoms with Crippen LogP contribution >= 0.6 is 22.6 Å². The smallest absolute Gasteiger partial charge is 0.307 e. The van der Waals surface area contributed by atoms with Crippen LogP contribution in [0.25, 0.3) is 0 Å². The molecule has 1 heterocycles. The molecule has 0 aliphatic carbocycles. The third-order valence-corrected chi connectivity index (χ3v) is 2.02. The molecule has 1 rings (SSSR count). The fraction of sp³-hybridized carbons (Fsp3) is 0.375. The van der Waals surface area contributed by atoms with E-state index in [1.165, 1.54) is 7.11 Å². The van der Waals surface area contributed by atoms with Crippen LogP contribution in [-0.4, -0.2) is 29.6 Å². The van der Waals surface area contributed by atoms with E-state index in [0.717, 1.165) is 3.57 Å². The lowest BCUT2D eigenvalue weighted by molar-refractivity contribution is -0.140. The van der Waals surface area contributed by atoms with Crippen molar-refractivity contribution in [3.63, 3.8) is 0 Å². The predicted octanol–water partition coefficient (Wildman–Crippen LogP) is 1.06. The predicted molar refractivity (Wildman–Crippen MR) is 59.9 cm³/mol. The van der Waals surface area contributed by atoms with Crippen molar-refractivity contribution in [3.05, 3.63) is 16.0 Å². The molecule has 0 fully saturated rings. The van der Waals surface area contributed by atoms with Crippen molar-refractivity contribution < 1.29 is 9.53 Å². The first-order valence-electron chi connectivity index (χ1n) is 4.00. The zero-order valence-corrected chi connectivity index (χ0v) is 9.82. The molecule has 0 amide bonds. The number of halogens is 1. The van der Waals surface area contributed by atoms with E-state index >= 15 is 0 Å². The van der Waals surface area contributed by atoms with E-state index in [1.54, 1.807) is 12.4 Å². The molecule has 0 unspecified atom stereocenters. The minimum absolute atomic E-state index is 0.247. The maximum atomic E-state index is 10.8. The summed E-state index contributed by atoms with van der Waals surface area (Å²) in [5.41, 5.74) is 0. The highest BCUT2D eigenvalue weighted by Gasteiger charge is 2.00. The van der Waals surface area contributed by atoms with Gasteiger partial charge in [-0.2, -0.15) is 0 Å². The fourth-order valence-corrected chi connectivity index (χ4v) is 1.06. The molecule has 0 aliphatic rings. The Morgan fingerprint density at radius 3 is 2.79 bits per heavy atom. The van der Waals surface area contributed by atoms with Gasteiger partial charge in [0.2, 0.25) is 5.95 Å². The van der Waals surface area contributed by atoms with E-state index < -0.39 is 0 Å². The first-order valence-corrected chi connectivity index (χ1v) is 5.08. The van der Waals surface area contributed by atoms with Gasteiger partial charge in [-0.05, 0) is 22.6 Å². The van der Waals surface area contributed by atoms with Crippen LogP contribution in [0.15, 0.2) is 12.4 Å². The summed E-state index contributed by atoms with van der Waals surface area (Å²) in [5.74, 6) is 0.275. The molecule has 1 N–H and O–H groups in total. The first-order chi connectivity index (χ1) is 6.72. The van der Waals surface area contributed by atoms with Gasteiger partial charge < -0.3 is 10.1 Å². The SMILES string of the molecule is COC(=O)CCNc1ncc(I)cn1. The molecule has 5 nitrogen and oxygen atoms in total. The number of methoxy groups -OCH3 is 1. The molecule has 0 aromatic carbocycles. The van der Waals surface area contributed by atoms with Crippen molar-refractivity contribution in [1.29, 1.82) is 0 Å². The van der Waals surface area contributed by atoms with Crippen molar-refractivity contribution >= 4 is 34.5 Å². The fourth-order valence-electron chi connectivity index (χ4n) is 0.782. The quantitative estimate of drug-likeness (QED) is 0.665. The van der Waals surface area contributed by atoms with Gasteiger partial charge >= 0.3 is 5.97 Å². The van der Waals surface area contributed by atoms with Crippen LogP contribution in [0.2, 0.25) is 0 Å². The Bertz CT molecular complexity index is 302. The van der Waals surface area contributed by atoms with Crippen molar-refractivity contribution in [2.24, 2.45) is 0 Å². The molecule has 6 heteroatoms. The van der Waals surface area contributed by atoms with Crippen LogP contribution < -0.4 is 5.32 Å². The summed E-state index contributed by atoms with van der Waals surface area (Å²) >= 11 is 2.12. The van der Waals surface area contributed by atoms with Gasteiger partial charge in [-0.15, -0.1) is 0 Å². The van der Waals surface area contributed by atoms with Crippen LogP contribution in [-0.2, 0) is 9.53 Å². The Labute approximate surface area is 95.4 Å². The summed E-state index contributed by atoms with van der Waals surface area (Å²) in [4.78, 5) is 18.8. The molecule has 14 heavy (non-hydrogen) atoms. The van der Waals surface area contributed by atoms with Gasteiger partial charge in [0, 0.05) is 22.5 Å². The van der Waals surface area contributed by atoms with E-state index in [9.17, 15) is 4.79 Å². The molecule has 0 radical (unpaired) electrons. The number of esters is 1. The minimum Gasteiger partial charge on any atom is -0.469 e. The zero-order chi connectivity index (χ0) is 10.4. The number of rotatable bonds is 4. The third kappa shape index (κ3) is 3.86. The van der Waals surface area contributed by atoms with Crippen LogP contribution in [0.3, 0.4) is 0 Å². The minimum atomic E-state index is -0.247. The number of ether oxygens (including phenoxy) is 1. The second kappa shape index (κ2) is 5.74. The Morgan fingerprint density at radius 2 is 2.21 bits per heavy atom. The number of hydrogen-bond donors (Lipinski definition) is 1. The van der Waals surface area contributed by atoms with Crippen molar-refractivity contribution in [3.8, 4) is 0 Å². The lowest BCUT2D eigenvalue weighted by atomic mass is 10.4. The summed E-state index contributed by atoms with van der Waals surface area (Å²) in [7, 11) is 1.36. The Kier molecular flexibility index (Phi) is 4.57. The molecular formula is C8H10IN3O2. The Balaban J connectivity index is 2.31. The third-order valence-electron chi connectivity index (χ3n) is 1.46.